The standard InChI is InChI=1S/C11H20F3N3O2/c1-7(2)9(15)10(19)17(6-11(12,13)14)5-8(18)16(3)4/h7,9H,5-6,15H2,1-4H3. The van der Waals surface area contributed by atoms with Crippen LogP contribution in [0.15, 0.2) is 0 Å². The van der Waals surface area contributed by atoms with Gasteiger partial charge in [0.15, 0.2) is 0 Å². The van der Waals surface area contributed by atoms with Crippen molar-refractivity contribution in [2.45, 2.75) is 26.1 Å². The first-order valence-electron chi connectivity index (χ1n) is 5.77. The Labute approximate surface area is 110 Å². The molecule has 5 nitrogen and oxygen atoms in total. The van der Waals surface area contributed by atoms with E-state index in [0.717, 1.165) is 4.90 Å². The zero-order chi connectivity index (χ0) is 15.4. The summed E-state index contributed by atoms with van der Waals surface area (Å²) < 4.78 is 37.3. The van der Waals surface area contributed by atoms with E-state index in [-0.39, 0.29) is 5.92 Å². The summed E-state index contributed by atoms with van der Waals surface area (Å²) in [4.78, 5) is 24.9. The fourth-order valence-corrected chi connectivity index (χ4v) is 1.23. The van der Waals surface area contributed by atoms with Crippen LogP contribution in [0.5, 0.6) is 0 Å². The molecule has 0 saturated carbocycles. The molecule has 0 fully saturated rings. The topological polar surface area (TPSA) is 66.6 Å². The Balaban J connectivity index is 4.96. The molecule has 0 aromatic heterocycles. The van der Waals surface area contributed by atoms with Crippen molar-refractivity contribution in [2.75, 3.05) is 27.2 Å². The molecule has 0 radical (unpaired) electrons. The van der Waals surface area contributed by atoms with E-state index in [1.165, 1.54) is 14.1 Å². The molecule has 2 amide bonds. The van der Waals surface area contributed by atoms with Crippen molar-refractivity contribution in [3.05, 3.63) is 0 Å². The lowest BCUT2D eigenvalue weighted by molar-refractivity contribution is -0.165. The molecule has 0 spiro atoms. The summed E-state index contributed by atoms with van der Waals surface area (Å²) in [6.45, 7) is 1.14. The zero-order valence-corrected chi connectivity index (χ0v) is 11.5. The van der Waals surface area contributed by atoms with Gasteiger partial charge in [0.25, 0.3) is 0 Å². The molecule has 0 rings (SSSR count). The highest BCUT2D eigenvalue weighted by Crippen LogP contribution is 2.17. The number of halogens is 3. The average Bonchev–Trinajstić information content (AvgIpc) is 2.23. The second kappa shape index (κ2) is 6.74. The van der Waals surface area contributed by atoms with Gasteiger partial charge in [-0.15, -0.1) is 0 Å². The maximum Gasteiger partial charge on any atom is 0.406 e. The number of amides is 2. The summed E-state index contributed by atoms with van der Waals surface area (Å²) in [5.41, 5.74) is 5.55. The predicted molar refractivity (Wildman–Crippen MR) is 64.1 cm³/mol. The largest absolute Gasteiger partial charge is 0.406 e. The van der Waals surface area contributed by atoms with Crippen molar-refractivity contribution in [1.82, 2.24) is 9.80 Å². The molecule has 0 bridgehead atoms. The van der Waals surface area contributed by atoms with Gasteiger partial charge in [0.05, 0.1) is 6.04 Å². The molecule has 0 aromatic carbocycles. The molecule has 0 aromatic rings. The van der Waals surface area contributed by atoms with E-state index in [2.05, 4.69) is 0 Å². The number of alkyl halides is 3. The summed E-state index contributed by atoms with van der Waals surface area (Å²) in [7, 11) is 2.81. The van der Waals surface area contributed by atoms with Crippen LogP contribution in [-0.4, -0.2) is 61.0 Å². The summed E-state index contributed by atoms with van der Waals surface area (Å²) >= 11 is 0. The third kappa shape index (κ3) is 6.42. The highest BCUT2D eigenvalue weighted by Gasteiger charge is 2.36. The summed E-state index contributed by atoms with van der Waals surface area (Å²) in [6, 6.07) is -1.06. The van der Waals surface area contributed by atoms with Gasteiger partial charge in [-0.25, -0.2) is 0 Å². The minimum atomic E-state index is -4.57. The van der Waals surface area contributed by atoms with Crippen LogP contribution in [0.1, 0.15) is 13.8 Å². The molecule has 0 aliphatic rings. The number of nitrogens with zero attached hydrogens (tertiary/aromatic N) is 2. The lowest BCUT2D eigenvalue weighted by atomic mass is 10.0. The first-order chi connectivity index (χ1) is 8.45. The monoisotopic (exact) mass is 283 g/mol. The molecule has 0 heterocycles. The fourth-order valence-electron chi connectivity index (χ4n) is 1.23. The second-order valence-electron chi connectivity index (χ2n) is 4.87. The Kier molecular flexibility index (Phi) is 6.28. The van der Waals surface area contributed by atoms with Gasteiger partial charge < -0.3 is 15.5 Å². The minimum absolute atomic E-state index is 0.308. The van der Waals surface area contributed by atoms with E-state index in [4.69, 9.17) is 5.73 Å². The molecule has 0 aliphatic carbocycles. The van der Waals surface area contributed by atoms with Gasteiger partial charge in [-0.3, -0.25) is 9.59 Å². The van der Waals surface area contributed by atoms with Crippen LogP contribution in [0.2, 0.25) is 0 Å². The van der Waals surface area contributed by atoms with E-state index in [1.807, 2.05) is 0 Å². The highest BCUT2D eigenvalue weighted by atomic mass is 19.4. The number of nitrogens with two attached hydrogens (primary N) is 1. The Morgan fingerprint density at radius 2 is 1.68 bits per heavy atom. The first kappa shape index (κ1) is 17.7. The number of carbonyl (C=O) groups excluding carboxylic acids is 2. The van der Waals surface area contributed by atoms with Crippen LogP contribution in [0.4, 0.5) is 13.2 Å². The summed E-state index contributed by atoms with van der Waals surface area (Å²) in [5.74, 6) is -1.77. The van der Waals surface area contributed by atoms with Crippen LogP contribution < -0.4 is 5.73 Å². The Morgan fingerprint density at radius 1 is 1.21 bits per heavy atom. The quantitative estimate of drug-likeness (QED) is 0.796. The van der Waals surface area contributed by atoms with Crippen LogP contribution in [0.3, 0.4) is 0 Å². The first-order valence-corrected chi connectivity index (χ1v) is 5.77. The molecule has 19 heavy (non-hydrogen) atoms. The zero-order valence-electron chi connectivity index (χ0n) is 11.5. The highest BCUT2D eigenvalue weighted by molar-refractivity contribution is 5.87. The van der Waals surface area contributed by atoms with Crippen LogP contribution in [-0.2, 0) is 9.59 Å². The molecule has 8 heteroatoms. The number of likely N-dealkylation sites (N-methyl/N-ethyl adjacent to an activating group) is 1. The fraction of sp³-hybridized carbons (Fsp3) is 0.818. The van der Waals surface area contributed by atoms with E-state index in [0.29, 0.717) is 4.90 Å². The van der Waals surface area contributed by atoms with Crippen molar-refractivity contribution in [3.63, 3.8) is 0 Å². The minimum Gasteiger partial charge on any atom is -0.347 e. The number of rotatable bonds is 5. The van der Waals surface area contributed by atoms with Gasteiger partial charge in [0, 0.05) is 14.1 Å². The van der Waals surface area contributed by atoms with Crippen LogP contribution in [0.25, 0.3) is 0 Å². The smallest absolute Gasteiger partial charge is 0.347 e. The lowest BCUT2D eigenvalue weighted by Gasteiger charge is -2.28. The Bertz CT molecular complexity index is 330. The van der Waals surface area contributed by atoms with Crippen molar-refractivity contribution in [1.29, 1.82) is 0 Å². The molecule has 1 unspecified atom stereocenters. The number of hydrogen-bond donors (Lipinski definition) is 1. The molecule has 1 atom stereocenters. The van der Waals surface area contributed by atoms with Crippen LogP contribution in [0, 0.1) is 5.92 Å². The average molecular weight is 283 g/mol. The molecule has 2 N–H and O–H groups in total. The van der Waals surface area contributed by atoms with Gasteiger partial charge in [0.2, 0.25) is 11.8 Å². The van der Waals surface area contributed by atoms with Crippen molar-refractivity contribution >= 4 is 11.8 Å². The van der Waals surface area contributed by atoms with Gasteiger partial charge in [-0.05, 0) is 5.92 Å². The SMILES string of the molecule is CC(C)C(N)C(=O)N(CC(=O)N(C)C)CC(F)(F)F. The van der Waals surface area contributed by atoms with Crippen LogP contribution >= 0.6 is 0 Å². The maximum absolute atomic E-state index is 12.4. The number of hydrogen-bond acceptors (Lipinski definition) is 3. The van der Waals surface area contributed by atoms with E-state index >= 15 is 0 Å². The van der Waals surface area contributed by atoms with Crippen molar-refractivity contribution < 1.29 is 22.8 Å². The normalized spacial score (nSPS) is 13.3. The van der Waals surface area contributed by atoms with E-state index < -0.39 is 37.1 Å². The Hall–Kier alpha value is -1.31. The van der Waals surface area contributed by atoms with E-state index in [1.54, 1.807) is 13.8 Å². The van der Waals surface area contributed by atoms with Gasteiger partial charge in [-0.2, -0.15) is 13.2 Å². The summed E-state index contributed by atoms with van der Waals surface area (Å²) in [6.07, 6.45) is -4.57. The molecular weight excluding hydrogens is 263 g/mol. The molecule has 0 saturated heterocycles. The predicted octanol–water partition coefficient (Wildman–Crippen LogP) is 0.449. The molecule has 0 aliphatic heterocycles. The summed E-state index contributed by atoms with van der Waals surface area (Å²) in [5, 5.41) is 0. The Morgan fingerprint density at radius 3 is 2.00 bits per heavy atom. The van der Waals surface area contributed by atoms with Crippen molar-refractivity contribution in [2.24, 2.45) is 11.7 Å². The lowest BCUT2D eigenvalue weighted by Crippen LogP contribution is -2.52. The molecule has 112 valence electrons. The van der Waals surface area contributed by atoms with E-state index in [9.17, 15) is 22.8 Å². The van der Waals surface area contributed by atoms with Gasteiger partial charge in [0.1, 0.15) is 13.1 Å². The third-order valence-corrected chi connectivity index (χ3v) is 2.51. The van der Waals surface area contributed by atoms with Gasteiger partial charge >= 0.3 is 6.18 Å². The molecular formula is C11H20F3N3O2. The maximum atomic E-state index is 12.4. The number of carbonyl (C=O) groups is 2. The van der Waals surface area contributed by atoms with Crippen molar-refractivity contribution in [3.8, 4) is 0 Å². The second-order valence-corrected chi connectivity index (χ2v) is 4.87. The van der Waals surface area contributed by atoms with Gasteiger partial charge in [-0.1, -0.05) is 13.8 Å². The third-order valence-electron chi connectivity index (χ3n) is 2.51.